The fourth-order valence-electron chi connectivity index (χ4n) is 3.20. The third-order valence-electron chi connectivity index (χ3n) is 4.77. The van der Waals surface area contributed by atoms with Crippen LogP contribution in [0.5, 0.6) is 0 Å². The minimum absolute atomic E-state index is 0.186. The number of benzene rings is 2. The van der Waals surface area contributed by atoms with E-state index in [9.17, 15) is 4.79 Å². The Morgan fingerprint density at radius 1 is 0.846 bits per heavy atom. The Morgan fingerprint density at radius 3 is 1.81 bits per heavy atom. The number of hydrogen-bond acceptors (Lipinski definition) is 3. The van der Waals surface area contributed by atoms with Crippen molar-refractivity contribution in [3.8, 4) is 0 Å². The predicted molar refractivity (Wildman–Crippen MR) is 112 cm³/mol. The van der Waals surface area contributed by atoms with Crippen LogP contribution < -0.4 is 10.2 Å². The zero-order valence-corrected chi connectivity index (χ0v) is 15.8. The zero-order valence-electron chi connectivity index (χ0n) is 15.8. The first-order valence-corrected chi connectivity index (χ1v) is 9.08. The predicted octanol–water partition coefficient (Wildman–Crippen LogP) is 5.01. The molecule has 2 aromatic rings. The van der Waals surface area contributed by atoms with Gasteiger partial charge in [0.2, 0.25) is 0 Å². The smallest absolute Gasteiger partial charge is 0.185 e. The van der Waals surface area contributed by atoms with Gasteiger partial charge in [0.25, 0.3) is 0 Å². The Bertz CT molecular complexity index is 828. The van der Waals surface area contributed by atoms with Crippen LogP contribution >= 0.6 is 0 Å². The van der Waals surface area contributed by atoms with Gasteiger partial charge in [0.1, 0.15) is 0 Å². The highest BCUT2D eigenvalue weighted by Gasteiger charge is 2.20. The zero-order chi connectivity index (χ0) is 18.5. The van der Waals surface area contributed by atoms with Gasteiger partial charge in [0.05, 0.1) is 0 Å². The molecule has 1 fully saturated rings. The highest BCUT2D eigenvalue weighted by molar-refractivity contribution is 6.14. The standard InChI is InChI=1S/C23H26N2O/c1-24-21-11-7-17(8-12-21)15-19-5-4-6-20(23(19)26)16-18-9-13-22(14-10-18)25(2)3/h7-16,24H,4-6H2,1-3H3. The average molecular weight is 346 g/mol. The maximum atomic E-state index is 12.9. The van der Waals surface area contributed by atoms with E-state index in [1.54, 1.807) is 0 Å². The molecule has 1 aliphatic carbocycles. The van der Waals surface area contributed by atoms with Crippen molar-refractivity contribution in [1.82, 2.24) is 0 Å². The minimum atomic E-state index is 0.186. The van der Waals surface area contributed by atoms with Gasteiger partial charge in [-0.25, -0.2) is 0 Å². The first-order valence-electron chi connectivity index (χ1n) is 9.08. The van der Waals surface area contributed by atoms with Gasteiger partial charge in [-0.15, -0.1) is 0 Å². The van der Waals surface area contributed by atoms with Gasteiger partial charge in [-0.1, -0.05) is 24.3 Å². The molecule has 0 atom stereocenters. The van der Waals surface area contributed by atoms with E-state index in [1.807, 2.05) is 57.6 Å². The van der Waals surface area contributed by atoms with Crippen molar-refractivity contribution in [3.63, 3.8) is 0 Å². The molecule has 0 radical (unpaired) electrons. The molecule has 0 saturated heterocycles. The largest absolute Gasteiger partial charge is 0.388 e. The van der Waals surface area contributed by atoms with E-state index in [0.717, 1.165) is 52.9 Å². The molecule has 2 aromatic carbocycles. The summed E-state index contributed by atoms with van der Waals surface area (Å²) in [6, 6.07) is 16.5. The van der Waals surface area contributed by atoms with Crippen molar-refractivity contribution in [2.24, 2.45) is 0 Å². The lowest BCUT2D eigenvalue weighted by Crippen LogP contribution is -2.12. The highest BCUT2D eigenvalue weighted by Crippen LogP contribution is 2.28. The molecule has 0 unspecified atom stereocenters. The van der Waals surface area contributed by atoms with Crippen LogP contribution in [-0.2, 0) is 4.79 Å². The Balaban J connectivity index is 1.81. The van der Waals surface area contributed by atoms with Crippen LogP contribution in [0, 0.1) is 0 Å². The fraction of sp³-hybridized carbons (Fsp3) is 0.261. The van der Waals surface area contributed by atoms with Crippen LogP contribution in [0.15, 0.2) is 59.7 Å². The van der Waals surface area contributed by atoms with Crippen molar-refractivity contribution in [1.29, 1.82) is 0 Å². The van der Waals surface area contributed by atoms with E-state index in [1.165, 1.54) is 0 Å². The van der Waals surface area contributed by atoms with Crippen LogP contribution in [0.25, 0.3) is 12.2 Å². The summed E-state index contributed by atoms with van der Waals surface area (Å²) in [5.74, 6) is 0.186. The number of nitrogens with one attached hydrogen (secondary N) is 1. The maximum absolute atomic E-state index is 12.9. The average Bonchev–Trinajstić information content (AvgIpc) is 2.66. The number of anilines is 2. The summed E-state index contributed by atoms with van der Waals surface area (Å²) in [6.07, 6.45) is 6.80. The summed E-state index contributed by atoms with van der Waals surface area (Å²) >= 11 is 0. The quantitative estimate of drug-likeness (QED) is 0.790. The van der Waals surface area contributed by atoms with Crippen LogP contribution in [0.3, 0.4) is 0 Å². The molecule has 26 heavy (non-hydrogen) atoms. The van der Waals surface area contributed by atoms with Crippen molar-refractivity contribution >= 4 is 29.3 Å². The Kier molecular flexibility index (Phi) is 5.57. The number of nitrogens with zero attached hydrogens (tertiary/aromatic N) is 1. The molecule has 3 rings (SSSR count). The lowest BCUT2D eigenvalue weighted by Gasteiger charge is -2.17. The number of Topliss-reactive ketones (excluding diaryl/α,β-unsaturated/α-hetero) is 1. The van der Waals surface area contributed by atoms with Crippen LogP contribution in [-0.4, -0.2) is 26.9 Å². The van der Waals surface area contributed by atoms with Crippen LogP contribution in [0.4, 0.5) is 11.4 Å². The summed E-state index contributed by atoms with van der Waals surface area (Å²) in [4.78, 5) is 14.9. The second kappa shape index (κ2) is 8.05. The van der Waals surface area contributed by atoms with Gasteiger partial charge >= 0.3 is 0 Å². The molecule has 134 valence electrons. The molecular formula is C23H26N2O. The van der Waals surface area contributed by atoms with Gasteiger partial charge in [0.15, 0.2) is 5.78 Å². The van der Waals surface area contributed by atoms with Crippen LogP contribution in [0.2, 0.25) is 0 Å². The molecule has 3 heteroatoms. The summed E-state index contributed by atoms with van der Waals surface area (Å²) < 4.78 is 0. The number of ketones is 1. The Hall–Kier alpha value is -2.81. The van der Waals surface area contributed by atoms with Crippen LogP contribution in [0.1, 0.15) is 30.4 Å². The van der Waals surface area contributed by atoms with Crippen molar-refractivity contribution < 1.29 is 4.79 Å². The van der Waals surface area contributed by atoms with E-state index in [0.29, 0.717) is 0 Å². The normalized spacial score (nSPS) is 17.6. The van der Waals surface area contributed by atoms with Gasteiger partial charge in [-0.3, -0.25) is 4.79 Å². The van der Waals surface area contributed by atoms with Gasteiger partial charge in [0, 0.05) is 43.7 Å². The number of carbonyl (C=O) groups is 1. The molecule has 0 heterocycles. The molecule has 0 amide bonds. The monoisotopic (exact) mass is 346 g/mol. The molecular weight excluding hydrogens is 320 g/mol. The topological polar surface area (TPSA) is 32.3 Å². The molecule has 0 aliphatic heterocycles. The summed E-state index contributed by atoms with van der Waals surface area (Å²) in [5.41, 5.74) is 6.20. The Morgan fingerprint density at radius 2 is 1.35 bits per heavy atom. The number of rotatable bonds is 4. The molecule has 1 saturated carbocycles. The molecule has 1 N–H and O–H groups in total. The first kappa shape index (κ1) is 18.0. The first-order chi connectivity index (χ1) is 12.6. The highest BCUT2D eigenvalue weighted by atomic mass is 16.1. The van der Waals surface area contributed by atoms with E-state index < -0.39 is 0 Å². The SMILES string of the molecule is CNc1ccc(C=C2CCCC(=Cc3ccc(N(C)C)cc3)C2=O)cc1. The molecule has 0 spiro atoms. The molecule has 0 bridgehead atoms. The fourth-order valence-corrected chi connectivity index (χ4v) is 3.20. The third-order valence-corrected chi connectivity index (χ3v) is 4.77. The van der Waals surface area contributed by atoms with Crippen molar-refractivity contribution in [2.45, 2.75) is 19.3 Å². The molecule has 3 nitrogen and oxygen atoms in total. The number of allylic oxidation sites excluding steroid dienone is 2. The lowest BCUT2D eigenvalue weighted by molar-refractivity contribution is -0.112. The Labute approximate surface area is 156 Å². The minimum Gasteiger partial charge on any atom is -0.388 e. The summed E-state index contributed by atoms with van der Waals surface area (Å²) in [7, 11) is 5.96. The summed E-state index contributed by atoms with van der Waals surface area (Å²) in [6.45, 7) is 0. The van der Waals surface area contributed by atoms with Crippen molar-refractivity contribution in [3.05, 3.63) is 70.8 Å². The molecule has 1 aliphatic rings. The van der Waals surface area contributed by atoms with E-state index in [4.69, 9.17) is 0 Å². The second-order valence-electron chi connectivity index (χ2n) is 6.88. The van der Waals surface area contributed by atoms with Gasteiger partial charge in [-0.05, 0) is 66.8 Å². The van der Waals surface area contributed by atoms with Crippen molar-refractivity contribution in [2.75, 3.05) is 31.4 Å². The molecule has 0 aromatic heterocycles. The number of hydrogen-bond donors (Lipinski definition) is 1. The maximum Gasteiger partial charge on any atom is 0.185 e. The van der Waals surface area contributed by atoms with E-state index in [-0.39, 0.29) is 5.78 Å². The number of carbonyl (C=O) groups excluding carboxylic acids is 1. The lowest BCUT2D eigenvalue weighted by atomic mass is 9.87. The van der Waals surface area contributed by atoms with E-state index in [2.05, 4.69) is 34.5 Å². The summed E-state index contributed by atoms with van der Waals surface area (Å²) in [5, 5.41) is 3.11. The van der Waals surface area contributed by atoms with E-state index >= 15 is 0 Å². The van der Waals surface area contributed by atoms with Gasteiger partial charge in [-0.2, -0.15) is 0 Å². The van der Waals surface area contributed by atoms with Gasteiger partial charge < -0.3 is 10.2 Å². The second-order valence-corrected chi connectivity index (χ2v) is 6.88. The third kappa shape index (κ3) is 4.23.